The summed E-state index contributed by atoms with van der Waals surface area (Å²) >= 11 is 4.29. The van der Waals surface area contributed by atoms with Crippen LogP contribution in [0.1, 0.15) is 0 Å². The maximum Gasteiger partial charge on any atom is 0.466 e. The second-order valence-electron chi connectivity index (χ2n) is 2.38. The predicted molar refractivity (Wildman–Crippen MR) is 53.0 cm³/mol. The molecule has 0 bridgehead atoms. The molecule has 0 saturated carbocycles. The van der Waals surface area contributed by atoms with Crippen LogP contribution in [0.4, 0.5) is 0 Å². The summed E-state index contributed by atoms with van der Waals surface area (Å²) in [7, 11) is -4.64. The van der Waals surface area contributed by atoms with Gasteiger partial charge in [0.1, 0.15) is 18.3 Å². The van der Waals surface area contributed by atoms with Crippen LogP contribution in [0.3, 0.4) is 0 Å². The fourth-order valence-corrected chi connectivity index (χ4v) is 0.577. The topological polar surface area (TPSA) is 159 Å². The molecule has 0 spiro atoms. The van der Waals surface area contributed by atoms with Crippen molar-refractivity contribution in [3.63, 3.8) is 0 Å². The van der Waals surface area contributed by atoms with E-state index in [0.29, 0.717) is 0 Å². The minimum atomic E-state index is -4.64. The largest absolute Gasteiger partial charge is 0.466 e. The van der Waals surface area contributed by atoms with Crippen LogP contribution >= 0.6 is 20.0 Å². The van der Waals surface area contributed by atoms with Crippen LogP contribution in [0.5, 0.6) is 0 Å². The Morgan fingerprint density at radius 1 is 1.20 bits per heavy atom. The first-order valence-corrected chi connectivity index (χ1v) is 5.55. The van der Waals surface area contributed by atoms with Gasteiger partial charge in [-0.25, -0.2) is 4.57 Å². The molecule has 0 amide bonds. The van der Waals surface area contributed by atoms with Crippen molar-refractivity contribution in [1.82, 2.24) is 0 Å². The maximum atomic E-state index is 8.88. The van der Waals surface area contributed by atoms with E-state index >= 15 is 0 Å². The predicted octanol–water partition coefficient (Wildman–Crippen LogP) is -2.87. The summed E-state index contributed by atoms with van der Waals surface area (Å²) in [5, 5.41) is 35.5. The van der Waals surface area contributed by atoms with E-state index in [1.165, 1.54) is 0 Å². The van der Waals surface area contributed by atoms with Crippen LogP contribution in [-0.4, -0.2) is 65.4 Å². The summed E-state index contributed by atoms with van der Waals surface area (Å²) in [6, 6.07) is 0. The SMILES string of the molecule is O=P(O)(O)O.OCC(O)C(O)C(O)C=S. The van der Waals surface area contributed by atoms with Gasteiger partial charge >= 0.3 is 7.82 Å². The number of thiocarbonyl (C=S) groups is 1. The van der Waals surface area contributed by atoms with Gasteiger partial charge < -0.3 is 35.1 Å². The summed E-state index contributed by atoms with van der Waals surface area (Å²) < 4.78 is 8.88. The minimum Gasteiger partial charge on any atom is -0.394 e. The first kappa shape index (κ1) is 17.4. The van der Waals surface area contributed by atoms with Crippen LogP contribution in [0.25, 0.3) is 0 Å². The van der Waals surface area contributed by atoms with Gasteiger partial charge in [-0.05, 0) is 0 Å². The van der Waals surface area contributed by atoms with Crippen molar-refractivity contribution in [2.45, 2.75) is 18.3 Å². The highest BCUT2D eigenvalue weighted by molar-refractivity contribution is 7.79. The highest BCUT2D eigenvalue weighted by Crippen LogP contribution is 2.25. The smallest absolute Gasteiger partial charge is 0.394 e. The summed E-state index contributed by atoms with van der Waals surface area (Å²) in [6.45, 7) is -0.596. The number of phosphoric acid groups is 1. The Hall–Kier alpha value is 0.0400. The number of hydrogen-bond donors (Lipinski definition) is 7. The second kappa shape index (κ2) is 8.22. The zero-order valence-electron chi connectivity index (χ0n) is 7.41. The van der Waals surface area contributed by atoms with E-state index in [2.05, 4.69) is 12.2 Å². The number of aliphatic hydroxyl groups excluding tert-OH is 4. The Morgan fingerprint density at radius 2 is 1.53 bits per heavy atom. The van der Waals surface area contributed by atoms with E-state index in [1.807, 2.05) is 0 Å². The molecule has 0 saturated heterocycles. The standard InChI is InChI=1S/C5H10O4S.H3O4P/c6-1-3(7)5(9)4(8)2-10;1-5(2,3)4/h2-9H,1H2;(H3,1,2,3,4). The fourth-order valence-electron chi connectivity index (χ4n) is 0.416. The Labute approximate surface area is 90.7 Å². The average Bonchev–Trinajstić information content (AvgIpc) is 2.11. The lowest BCUT2D eigenvalue weighted by molar-refractivity contribution is -0.0536. The fraction of sp³-hybridized carbons (Fsp3) is 0.800. The lowest BCUT2D eigenvalue weighted by Crippen LogP contribution is -2.39. The first-order chi connectivity index (χ1) is 6.63. The third-order valence-electron chi connectivity index (χ3n) is 1.07. The van der Waals surface area contributed by atoms with Crippen LogP contribution in [-0.2, 0) is 4.57 Å². The molecule has 3 unspecified atom stereocenters. The molecule has 0 aromatic rings. The zero-order chi connectivity index (χ0) is 12.6. The molecule has 0 heterocycles. The van der Waals surface area contributed by atoms with E-state index in [0.717, 1.165) is 5.37 Å². The van der Waals surface area contributed by atoms with Crippen LogP contribution in [0.2, 0.25) is 0 Å². The third-order valence-corrected chi connectivity index (χ3v) is 1.35. The van der Waals surface area contributed by atoms with E-state index in [4.69, 9.17) is 39.7 Å². The van der Waals surface area contributed by atoms with Gasteiger partial charge in [-0.3, -0.25) is 0 Å². The summed E-state index contributed by atoms with van der Waals surface area (Å²) in [6.07, 6.45) is -4.01. The number of hydrogen-bond acceptors (Lipinski definition) is 6. The molecule has 0 rings (SSSR count). The van der Waals surface area contributed by atoms with Gasteiger partial charge in [0.2, 0.25) is 0 Å². The highest BCUT2D eigenvalue weighted by Gasteiger charge is 2.21. The van der Waals surface area contributed by atoms with Crippen molar-refractivity contribution < 1.29 is 39.7 Å². The average molecular weight is 264 g/mol. The van der Waals surface area contributed by atoms with Crippen molar-refractivity contribution in [3.05, 3.63) is 0 Å². The van der Waals surface area contributed by atoms with Gasteiger partial charge in [0, 0.05) is 5.37 Å². The van der Waals surface area contributed by atoms with Gasteiger partial charge in [-0.1, -0.05) is 12.2 Å². The maximum absolute atomic E-state index is 8.88. The molecule has 0 radical (unpaired) electrons. The summed E-state index contributed by atoms with van der Waals surface area (Å²) in [5.41, 5.74) is 0. The molecular weight excluding hydrogens is 251 g/mol. The van der Waals surface area contributed by atoms with Crippen molar-refractivity contribution in [3.8, 4) is 0 Å². The van der Waals surface area contributed by atoms with Crippen molar-refractivity contribution in [2.75, 3.05) is 6.61 Å². The molecule has 92 valence electrons. The van der Waals surface area contributed by atoms with Gasteiger partial charge in [0.05, 0.1) is 6.61 Å². The second-order valence-corrected chi connectivity index (χ2v) is 3.68. The third kappa shape index (κ3) is 14.0. The molecule has 0 aliphatic heterocycles. The lowest BCUT2D eigenvalue weighted by Gasteiger charge is -2.17. The Balaban J connectivity index is 0. The molecule has 3 atom stereocenters. The van der Waals surface area contributed by atoms with Crippen LogP contribution in [0, 0.1) is 0 Å². The first-order valence-electron chi connectivity index (χ1n) is 3.52. The van der Waals surface area contributed by atoms with Crippen molar-refractivity contribution in [2.24, 2.45) is 0 Å². The summed E-state index contributed by atoms with van der Waals surface area (Å²) in [5.74, 6) is 0. The minimum absolute atomic E-state index is 0.596. The molecule has 0 aliphatic carbocycles. The van der Waals surface area contributed by atoms with E-state index in [-0.39, 0.29) is 0 Å². The molecule has 10 heteroatoms. The van der Waals surface area contributed by atoms with Crippen molar-refractivity contribution in [1.29, 1.82) is 0 Å². The molecule has 0 fully saturated rings. The molecule has 0 aromatic carbocycles. The zero-order valence-corrected chi connectivity index (χ0v) is 9.12. The monoisotopic (exact) mass is 264 g/mol. The molecule has 15 heavy (non-hydrogen) atoms. The quantitative estimate of drug-likeness (QED) is 0.209. The molecule has 0 aliphatic rings. The van der Waals surface area contributed by atoms with Crippen LogP contribution < -0.4 is 0 Å². The Bertz CT molecular complexity index is 209. The van der Waals surface area contributed by atoms with Gasteiger partial charge in [-0.15, -0.1) is 0 Å². The molecular formula is C5H13O8PS. The lowest BCUT2D eigenvalue weighted by atomic mass is 10.1. The van der Waals surface area contributed by atoms with E-state index in [1.54, 1.807) is 0 Å². The Morgan fingerprint density at radius 3 is 1.73 bits per heavy atom. The molecule has 7 N–H and O–H groups in total. The normalized spacial score (nSPS) is 17.0. The van der Waals surface area contributed by atoms with E-state index < -0.39 is 32.7 Å². The summed E-state index contributed by atoms with van der Waals surface area (Å²) in [4.78, 5) is 21.6. The van der Waals surface area contributed by atoms with Crippen molar-refractivity contribution >= 4 is 25.4 Å². The van der Waals surface area contributed by atoms with Crippen LogP contribution in [0.15, 0.2) is 0 Å². The van der Waals surface area contributed by atoms with E-state index in [9.17, 15) is 0 Å². The number of rotatable bonds is 4. The molecule has 8 nitrogen and oxygen atoms in total. The van der Waals surface area contributed by atoms with Gasteiger partial charge in [0.25, 0.3) is 0 Å². The molecule has 0 aromatic heterocycles. The Kier molecular flexibility index (Phi) is 9.56. The highest BCUT2D eigenvalue weighted by atomic mass is 32.1. The van der Waals surface area contributed by atoms with Gasteiger partial charge in [-0.2, -0.15) is 0 Å². The van der Waals surface area contributed by atoms with Gasteiger partial charge in [0.15, 0.2) is 0 Å². The number of aliphatic hydroxyl groups is 4.